The van der Waals surface area contributed by atoms with E-state index in [-0.39, 0.29) is 5.91 Å². The maximum absolute atomic E-state index is 11.7. The van der Waals surface area contributed by atoms with E-state index in [1.54, 1.807) is 19.1 Å². The normalized spacial score (nSPS) is 15.1. The minimum absolute atomic E-state index is 0.170. The summed E-state index contributed by atoms with van der Waals surface area (Å²) in [5.74, 6) is 0.779. The molecule has 0 radical (unpaired) electrons. The Morgan fingerprint density at radius 1 is 1.56 bits per heavy atom. The van der Waals surface area contributed by atoms with Crippen molar-refractivity contribution in [2.24, 2.45) is 5.73 Å². The van der Waals surface area contributed by atoms with Crippen molar-refractivity contribution in [1.82, 2.24) is 10.4 Å². The SMILES string of the molecule is CN(C)NC(=O)C(N)Cc1ccc2c(c1)CCO2. The van der Waals surface area contributed by atoms with Crippen LogP contribution in [0.5, 0.6) is 5.75 Å². The van der Waals surface area contributed by atoms with E-state index in [1.165, 1.54) is 5.56 Å². The van der Waals surface area contributed by atoms with Gasteiger partial charge in [-0.05, 0) is 23.6 Å². The number of hydrogen-bond donors (Lipinski definition) is 2. The number of amides is 1. The molecule has 2 rings (SSSR count). The molecule has 5 heteroatoms. The Labute approximate surface area is 107 Å². The number of carbonyl (C=O) groups excluding carboxylic acids is 1. The fraction of sp³-hybridized carbons (Fsp3) is 0.462. The Hall–Kier alpha value is -1.59. The molecule has 98 valence electrons. The van der Waals surface area contributed by atoms with Crippen molar-refractivity contribution in [3.05, 3.63) is 29.3 Å². The average molecular weight is 249 g/mol. The van der Waals surface area contributed by atoms with Gasteiger partial charge < -0.3 is 10.5 Å². The third-order valence-corrected chi connectivity index (χ3v) is 2.88. The van der Waals surface area contributed by atoms with Crippen molar-refractivity contribution in [1.29, 1.82) is 0 Å². The quantitative estimate of drug-likeness (QED) is 0.742. The molecule has 1 aromatic carbocycles. The number of ether oxygens (including phenoxy) is 1. The lowest BCUT2D eigenvalue weighted by Gasteiger charge is -2.16. The molecular weight excluding hydrogens is 230 g/mol. The highest BCUT2D eigenvalue weighted by molar-refractivity contribution is 5.81. The van der Waals surface area contributed by atoms with Gasteiger partial charge in [-0.1, -0.05) is 12.1 Å². The van der Waals surface area contributed by atoms with Gasteiger partial charge in [-0.15, -0.1) is 0 Å². The molecule has 0 saturated heterocycles. The van der Waals surface area contributed by atoms with E-state index >= 15 is 0 Å². The fourth-order valence-electron chi connectivity index (χ4n) is 2.02. The predicted octanol–water partition coefficient (Wildman–Crippen LogP) is 0.0841. The van der Waals surface area contributed by atoms with Crippen LogP contribution < -0.4 is 15.9 Å². The highest BCUT2D eigenvalue weighted by Gasteiger charge is 2.17. The summed E-state index contributed by atoms with van der Waals surface area (Å²) >= 11 is 0. The first-order valence-electron chi connectivity index (χ1n) is 6.04. The molecule has 1 heterocycles. The molecule has 1 aliphatic heterocycles. The van der Waals surface area contributed by atoms with Gasteiger partial charge in [0.25, 0.3) is 5.91 Å². The molecule has 0 bridgehead atoms. The second-order valence-corrected chi connectivity index (χ2v) is 4.72. The summed E-state index contributed by atoms with van der Waals surface area (Å²) in [6, 6.07) is 5.46. The summed E-state index contributed by atoms with van der Waals surface area (Å²) in [7, 11) is 3.52. The van der Waals surface area contributed by atoms with Crippen molar-refractivity contribution in [2.45, 2.75) is 18.9 Å². The zero-order valence-corrected chi connectivity index (χ0v) is 10.8. The number of rotatable bonds is 4. The molecule has 3 N–H and O–H groups in total. The summed E-state index contributed by atoms with van der Waals surface area (Å²) in [5.41, 5.74) is 10.8. The highest BCUT2D eigenvalue weighted by atomic mass is 16.5. The van der Waals surface area contributed by atoms with E-state index in [2.05, 4.69) is 11.5 Å². The molecular formula is C13H19N3O2. The van der Waals surface area contributed by atoms with Crippen molar-refractivity contribution in [2.75, 3.05) is 20.7 Å². The Kier molecular flexibility index (Phi) is 3.84. The summed E-state index contributed by atoms with van der Waals surface area (Å²) in [6.45, 7) is 0.742. The van der Waals surface area contributed by atoms with Gasteiger partial charge in [0.05, 0.1) is 12.6 Å². The lowest BCUT2D eigenvalue weighted by Crippen LogP contribution is -2.47. The van der Waals surface area contributed by atoms with Crippen LogP contribution in [0.3, 0.4) is 0 Å². The lowest BCUT2D eigenvalue weighted by molar-refractivity contribution is -0.126. The van der Waals surface area contributed by atoms with E-state index in [1.807, 2.05) is 12.1 Å². The minimum atomic E-state index is -0.534. The number of nitrogens with two attached hydrogens (primary N) is 1. The smallest absolute Gasteiger partial charge is 0.251 e. The monoisotopic (exact) mass is 249 g/mol. The summed E-state index contributed by atoms with van der Waals surface area (Å²) in [4.78, 5) is 11.7. The average Bonchev–Trinajstić information content (AvgIpc) is 2.75. The van der Waals surface area contributed by atoms with Gasteiger partial charge >= 0.3 is 0 Å². The van der Waals surface area contributed by atoms with Crippen molar-refractivity contribution < 1.29 is 9.53 Å². The van der Waals surface area contributed by atoms with Crippen LogP contribution in [0.15, 0.2) is 18.2 Å². The molecule has 1 aromatic rings. The predicted molar refractivity (Wildman–Crippen MR) is 69.2 cm³/mol. The molecule has 18 heavy (non-hydrogen) atoms. The number of nitrogens with zero attached hydrogens (tertiary/aromatic N) is 1. The molecule has 1 atom stereocenters. The number of hydrazine groups is 1. The Morgan fingerprint density at radius 2 is 2.33 bits per heavy atom. The molecule has 1 aliphatic rings. The number of fused-ring (bicyclic) bond motifs is 1. The molecule has 0 fully saturated rings. The highest BCUT2D eigenvalue weighted by Crippen LogP contribution is 2.26. The lowest BCUT2D eigenvalue weighted by atomic mass is 10.0. The van der Waals surface area contributed by atoms with Crippen molar-refractivity contribution >= 4 is 5.91 Å². The van der Waals surface area contributed by atoms with Crippen molar-refractivity contribution in [3.8, 4) is 5.75 Å². The molecule has 0 aliphatic carbocycles. The number of nitrogens with one attached hydrogen (secondary N) is 1. The summed E-state index contributed by atoms with van der Waals surface area (Å²) in [5, 5.41) is 1.60. The topological polar surface area (TPSA) is 67.6 Å². The first-order chi connectivity index (χ1) is 8.56. The molecule has 0 saturated carbocycles. The largest absolute Gasteiger partial charge is 0.493 e. The van der Waals surface area contributed by atoms with E-state index in [0.717, 1.165) is 24.3 Å². The van der Waals surface area contributed by atoms with Gasteiger partial charge in [0.1, 0.15) is 5.75 Å². The third kappa shape index (κ3) is 3.00. The summed E-state index contributed by atoms with van der Waals surface area (Å²) < 4.78 is 5.44. The Morgan fingerprint density at radius 3 is 3.06 bits per heavy atom. The number of hydrogen-bond acceptors (Lipinski definition) is 4. The second-order valence-electron chi connectivity index (χ2n) is 4.72. The zero-order chi connectivity index (χ0) is 13.1. The standard InChI is InChI=1S/C13H19N3O2/c1-16(2)15-13(17)11(14)8-9-3-4-12-10(7-9)5-6-18-12/h3-4,7,11H,5-6,8,14H2,1-2H3,(H,15,17). The second kappa shape index (κ2) is 5.37. The van der Waals surface area contributed by atoms with Gasteiger partial charge in [-0.3, -0.25) is 10.2 Å². The van der Waals surface area contributed by atoms with Crippen LogP contribution in [0.4, 0.5) is 0 Å². The van der Waals surface area contributed by atoms with E-state index in [4.69, 9.17) is 10.5 Å². The first-order valence-corrected chi connectivity index (χ1v) is 6.04. The molecule has 5 nitrogen and oxygen atoms in total. The van der Waals surface area contributed by atoms with Crippen LogP contribution in [0.1, 0.15) is 11.1 Å². The van der Waals surface area contributed by atoms with E-state index in [9.17, 15) is 4.79 Å². The van der Waals surface area contributed by atoms with Crippen LogP contribution in [-0.2, 0) is 17.6 Å². The molecule has 0 spiro atoms. The third-order valence-electron chi connectivity index (χ3n) is 2.88. The maximum Gasteiger partial charge on any atom is 0.251 e. The molecule has 1 amide bonds. The summed E-state index contributed by atoms with van der Waals surface area (Å²) in [6.07, 6.45) is 1.47. The van der Waals surface area contributed by atoms with E-state index < -0.39 is 6.04 Å². The maximum atomic E-state index is 11.7. The van der Waals surface area contributed by atoms with Crippen molar-refractivity contribution in [3.63, 3.8) is 0 Å². The van der Waals surface area contributed by atoms with Crippen LogP contribution >= 0.6 is 0 Å². The van der Waals surface area contributed by atoms with Crippen LogP contribution in [0, 0.1) is 0 Å². The van der Waals surface area contributed by atoms with Crippen LogP contribution in [0.25, 0.3) is 0 Å². The van der Waals surface area contributed by atoms with E-state index in [0.29, 0.717) is 6.42 Å². The fourth-order valence-corrected chi connectivity index (χ4v) is 2.02. The molecule has 1 unspecified atom stereocenters. The Balaban J connectivity index is 1.99. The van der Waals surface area contributed by atoms with Crippen LogP contribution in [0.2, 0.25) is 0 Å². The van der Waals surface area contributed by atoms with Gasteiger partial charge in [-0.2, -0.15) is 0 Å². The number of benzene rings is 1. The van der Waals surface area contributed by atoms with Gasteiger partial charge in [-0.25, -0.2) is 5.01 Å². The Bertz CT molecular complexity index is 446. The van der Waals surface area contributed by atoms with Gasteiger partial charge in [0, 0.05) is 20.5 Å². The minimum Gasteiger partial charge on any atom is -0.493 e. The van der Waals surface area contributed by atoms with Gasteiger partial charge in [0.15, 0.2) is 0 Å². The zero-order valence-electron chi connectivity index (χ0n) is 10.8. The molecule has 0 aromatic heterocycles. The van der Waals surface area contributed by atoms with Gasteiger partial charge in [0.2, 0.25) is 0 Å². The number of carbonyl (C=O) groups is 1. The first kappa shape index (κ1) is 12.9. The van der Waals surface area contributed by atoms with Crippen LogP contribution in [-0.4, -0.2) is 37.7 Å².